The lowest BCUT2D eigenvalue weighted by molar-refractivity contribution is -0.116. The van der Waals surface area contributed by atoms with Crippen LogP contribution in [-0.2, 0) is 20.2 Å². The molecule has 0 radical (unpaired) electrons. The first-order chi connectivity index (χ1) is 11.2. The molecule has 0 saturated carbocycles. The van der Waals surface area contributed by atoms with Crippen LogP contribution >= 0.6 is 11.3 Å². The molecule has 0 fully saturated rings. The van der Waals surface area contributed by atoms with Gasteiger partial charge in [0.25, 0.3) is 0 Å². The summed E-state index contributed by atoms with van der Waals surface area (Å²) in [4.78, 5) is 15.8. The molecule has 1 aromatic carbocycles. The Morgan fingerprint density at radius 1 is 1.21 bits per heavy atom. The van der Waals surface area contributed by atoms with E-state index >= 15 is 0 Å². The van der Waals surface area contributed by atoms with E-state index in [1.165, 1.54) is 11.3 Å². The normalized spacial score (nSPS) is 12.1. The molecule has 1 amide bonds. The molecular weight excluding hydrogens is 346 g/mol. The topological polar surface area (TPSA) is 88.2 Å². The Hall–Kier alpha value is -1.77. The molecule has 2 aromatic rings. The second-order valence-electron chi connectivity index (χ2n) is 6.31. The van der Waals surface area contributed by atoms with E-state index in [0.29, 0.717) is 5.13 Å². The lowest BCUT2D eigenvalue weighted by atomic mass is 9.87. The number of nitrogens with zero attached hydrogens (tertiary/aromatic N) is 1. The van der Waals surface area contributed by atoms with Gasteiger partial charge in [0, 0.05) is 24.5 Å². The molecule has 0 atom stereocenters. The largest absolute Gasteiger partial charge is 0.302 e. The highest BCUT2D eigenvalue weighted by atomic mass is 32.2. The minimum absolute atomic E-state index is 0.0283. The van der Waals surface area contributed by atoms with Crippen molar-refractivity contribution in [2.75, 3.05) is 11.9 Å². The fourth-order valence-corrected chi connectivity index (χ4v) is 3.56. The van der Waals surface area contributed by atoms with Crippen LogP contribution in [0.1, 0.15) is 32.8 Å². The Morgan fingerprint density at radius 2 is 1.88 bits per heavy atom. The van der Waals surface area contributed by atoms with Crippen LogP contribution < -0.4 is 10.0 Å². The smallest absolute Gasteiger partial charge is 0.240 e. The van der Waals surface area contributed by atoms with Crippen molar-refractivity contribution in [1.82, 2.24) is 9.71 Å². The van der Waals surface area contributed by atoms with Gasteiger partial charge in [0.1, 0.15) is 0 Å². The number of hydrogen-bond acceptors (Lipinski definition) is 5. The SMILES string of the molecule is CC(C)(C)c1ccc(S(=O)(=O)NCCC(=O)Nc2nccs2)cc1. The van der Waals surface area contributed by atoms with E-state index in [1.54, 1.807) is 23.7 Å². The highest BCUT2D eigenvalue weighted by Gasteiger charge is 2.17. The average Bonchev–Trinajstić information content (AvgIpc) is 2.99. The van der Waals surface area contributed by atoms with E-state index < -0.39 is 10.0 Å². The first-order valence-corrected chi connectivity index (χ1v) is 9.84. The molecule has 24 heavy (non-hydrogen) atoms. The molecule has 8 heteroatoms. The molecular formula is C16H21N3O3S2. The molecule has 0 aliphatic carbocycles. The third kappa shape index (κ3) is 5.12. The third-order valence-corrected chi connectivity index (χ3v) is 5.52. The van der Waals surface area contributed by atoms with Gasteiger partial charge in [-0.3, -0.25) is 4.79 Å². The van der Waals surface area contributed by atoms with E-state index in [4.69, 9.17) is 0 Å². The molecule has 1 heterocycles. The maximum absolute atomic E-state index is 12.2. The summed E-state index contributed by atoms with van der Waals surface area (Å²) >= 11 is 1.31. The summed E-state index contributed by atoms with van der Waals surface area (Å²) in [7, 11) is -3.62. The summed E-state index contributed by atoms with van der Waals surface area (Å²) in [5.74, 6) is -0.282. The number of aromatic nitrogens is 1. The van der Waals surface area contributed by atoms with Gasteiger partial charge in [-0.1, -0.05) is 32.9 Å². The standard InChI is InChI=1S/C16H21N3O3S2/c1-16(2,3)12-4-6-13(7-5-12)24(21,22)18-9-8-14(20)19-15-17-10-11-23-15/h4-7,10-11,18H,8-9H2,1-3H3,(H,17,19,20). The van der Waals surface area contributed by atoms with Gasteiger partial charge in [-0.2, -0.15) is 0 Å². The van der Waals surface area contributed by atoms with Crippen molar-refractivity contribution >= 4 is 32.4 Å². The van der Waals surface area contributed by atoms with Crippen LogP contribution in [-0.4, -0.2) is 25.9 Å². The van der Waals surface area contributed by atoms with Crippen LogP contribution in [0.3, 0.4) is 0 Å². The molecule has 0 spiro atoms. The molecule has 2 rings (SSSR count). The number of carbonyl (C=O) groups excluding carboxylic acids is 1. The van der Waals surface area contributed by atoms with Gasteiger partial charge >= 0.3 is 0 Å². The summed E-state index contributed by atoms with van der Waals surface area (Å²) in [5.41, 5.74) is 1.02. The summed E-state index contributed by atoms with van der Waals surface area (Å²) in [6.07, 6.45) is 1.63. The Kier molecular flexibility index (Phi) is 5.74. The number of anilines is 1. The molecule has 2 N–H and O–H groups in total. The molecule has 130 valence electrons. The molecule has 1 aromatic heterocycles. The Bertz CT molecular complexity index is 777. The van der Waals surface area contributed by atoms with Gasteiger partial charge in [-0.05, 0) is 23.1 Å². The first-order valence-electron chi connectivity index (χ1n) is 7.48. The third-order valence-electron chi connectivity index (χ3n) is 3.35. The van der Waals surface area contributed by atoms with Crippen LogP contribution in [0.5, 0.6) is 0 Å². The lowest BCUT2D eigenvalue weighted by Gasteiger charge is -2.19. The van der Waals surface area contributed by atoms with Crippen LogP contribution in [0.2, 0.25) is 0 Å². The van der Waals surface area contributed by atoms with Gasteiger partial charge in [-0.15, -0.1) is 11.3 Å². The number of benzene rings is 1. The molecule has 0 aliphatic heterocycles. The van der Waals surface area contributed by atoms with E-state index in [9.17, 15) is 13.2 Å². The minimum atomic E-state index is -3.62. The first kappa shape index (κ1) is 18.6. The Balaban J connectivity index is 1.90. The average molecular weight is 367 g/mol. The quantitative estimate of drug-likeness (QED) is 0.822. The fourth-order valence-electron chi connectivity index (χ4n) is 1.98. The molecule has 6 nitrogen and oxygen atoms in total. The van der Waals surface area contributed by atoms with E-state index in [2.05, 4.69) is 35.8 Å². The van der Waals surface area contributed by atoms with Crippen LogP contribution in [0.25, 0.3) is 0 Å². The maximum Gasteiger partial charge on any atom is 0.240 e. The van der Waals surface area contributed by atoms with Gasteiger partial charge < -0.3 is 5.32 Å². The van der Waals surface area contributed by atoms with Crippen molar-refractivity contribution in [3.8, 4) is 0 Å². The lowest BCUT2D eigenvalue weighted by Crippen LogP contribution is -2.28. The summed E-state index contributed by atoms with van der Waals surface area (Å²) in [6.45, 7) is 6.22. The van der Waals surface area contributed by atoms with Gasteiger partial charge in [0.15, 0.2) is 5.13 Å². The zero-order valence-corrected chi connectivity index (χ0v) is 15.5. The monoisotopic (exact) mass is 367 g/mol. The van der Waals surface area contributed by atoms with E-state index in [-0.39, 0.29) is 29.2 Å². The number of hydrogen-bond donors (Lipinski definition) is 2. The minimum Gasteiger partial charge on any atom is -0.302 e. The number of nitrogens with one attached hydrogen (secondary N) is 2. The van der Waals surface area contributed by atoms with Crippen LogP contribution in [0.15, 0.2) is 40.7 Å². The van der Waals surface area contributed by atoms with Crippen LogP contribution in [0.4, 0.5) is 5.13 Å². The van der Waals surface area contributed by atoms with Crippen molar-refractivity contribution < 1.29 is 13.2 Å². The Morgan fingerprint density at radius 3 is 2.42 bits per heavy atom. The predicted molar refractivity (Wildman–Crippen MR) is 95.7 cm³/mol. The number of thiazole rings is 1. The highest BCUT2D eigenvalue weighted by molar-refractivity contribution is 7.89. The second kappa shape index (κ2) is 7.42. The van der Waals surface area contributed by atoms with Crippen LogP contribution in [0, 0.1) is 0 Å². The highest BCUT2D eigenvalue weighted by Crippen LogP contribution is 2.23. The van der Waals surface area contributed by atoms with E-state index in [0.717, 1.165) is 5.56 Å². The van der Waals surface area contributed by atoms with Gasteiger partial charge in [0.2, 0.25) is 15.9 Å². The maximum atomic E-state index is 12.2. The number of amides is 1. The van der Waals surface area contributed by atoms with Gasteiger partial charge in [-0.25, -0.2) is 18.1 Å². The number of rotatable bonds is 6. The fraction of sp³-hybridized carbons (Fsp3) is 0.375. The van der Waals surface area contributed by atoms with Crippen molar-refractivity contribution in [2.45, 2.75) is 37.5 Å². The molecule has 0 aliphatic rings. The molecule has 0 unspecified atom stereocenters. The van der Waals surface area contributed by atoms with Crippen molar-refractivity contribution in [3.63, 3.8) is 0 Å². The zero-order chi connectivity index (χ0) is 17.8. The number of carbonyl (C=O) groups is 1. The van der Waals surface area contributed by atoms with Crippen molar-refractivity contribution in [1.29, 1.82) is 0 Å². The summed E-state index contributed by atoms with van der Waals surface area (Å²) < 4.78 is 26.9. The second-order valence-corrected chi connectivity index (χ2v) is 8.97. The van der Waals surface area contributed by atoms with Crippen molar-refractivity contribution in [3.05, 3.63) is 41.4 Å². The van der Waals surface area contributed by atoms with Crippen molar-refractivity contribution in [2.24, 2.45) is 0 Å². The molecule has 0 bridgehead atoms. The van der Waals surface area contributed by atoms with E-state index in [1.807, 2.05) is 12.1 Å². The zero-order valence-electron chi connectivity index (χ0n) is 13.9. The summed E-state index contributed by atoms with van der Waals surface area (Å²) in [5, 5.41) is 4.86. The Labute approximate surface area is 146 Å². The number of sulfonamides is 1. The summed E-state index contributed by atoms with van der Waals surface area (Å²) in [6, 6.07) is 6.78. The predicted octanol–water partition coefficient (Wildman–Crippen LogP) is 2.75. The molecule has 0 saturated heterocycles. The van der Waals surface area contributed by atoms with Gasteiger partial charge in [0.05, 0.1) is 4.90 Å².